The number of nitrogens with zero attached hydrogens (tertiary/aromatic N) is 3. The fourth-order valence-corrected chi connectivity index (χ4v) is 2.53. The lowest BCUT2D eigenvalue weighted by atomic mass is 9.92. The maximum atomic E-state index is 11.7. The number of primary sulfonamides is 1. The highest BCUT2D eigenvalue weighted by Crippen LogP contribution is 2.23. The maximum Gasteiger partial charge on any atom is 0.274 e. The molecule has 0 aliphatic rings. The molecule has 2 rings (SSSR count). The Balaban J connectivity index is 2.64. The summed E-state index contributed by atoms with van der Waals surface area (Å²) in [5, 5.41) is 12.7. The first-order valence-electron chi connectivity index (χ1n) is 6.21. The molecule has 0 amide bonds. The highest BCUT2D eigenvalue weighted by atomic mass is 32.2. The van der Waals surface area contributed by atoms with E-state index in [2.05, 4.69) is 10.2 Å². The third-order valence-corrected chi connectivity index (χ3v) is 3.43. The number of hydrogen-bond acceptors (Lipinski definition) is 4. The van der Waals surface area contributed by atoms with E-state index in [4.69, 9.17) is 5.14 Å². The second-order valence-corrected chi connectivity index (χ2v) is 7.31. The summed E-state index contributed by atoms with van der Waals surface area (Å²) < 4.78 is 24.8. The van der Waals surface area contributed by atoms with Gasteiger partial charge in [0.1, 0.15) is 5.82 Å². The monoisotopic (exact) mass is 294 g/mol. The van der Waals surface area contributed by atoms with E-state index in [1.807, 2.05) is 39.0 Å². The Labute approximate surface area is 118 Å². The fraction of sp³-hybridized carbons (Fsp3) is 0.385. The molecule has 108 valence electrons. The molecule has 0 unspecified atom stereocenters. The minimum Gasteiger partial charge on any atom is -0.269 e. The maximum absolute atomic E-state index is 11.7. The van der Waals surface area contributed by atoms with Gasteiger partial charge in [0.25, 0.3) is 15.2 Å². The normalized spacial score (nSPS) is 12.6. The van der Waals surface area contributed by atoms with E-state index in [9.17, 15) is 8.42 Å². The molecule has 0 bridgehead atoms. The number of nitrogens with two attached hydrogens (primary N) is 1. The number of rotatable bonds is 3. The summed E-state index contributed by atoms with van der Waals surface area (Å²) in [4.78, 5) is 0. The number of para-hydroxylation sites is 1. The van der Waals surface area contributed by atoms with Crippen molar-refractivity contribution >= 4 is 10.0 Å². The van der Waals surface area contributed by atoms with Crippen molar-refractivity contribution in [1.29, 1.82) is 0 Å². The van der Waals surface area contributed by atoms with E-state index in [0.29, 0.717) is 17.9 Å². The minimum atomic E-state index is -3.93. The molecule has 0 aliphatic heterocycles. The lowest BCUT2D eigenvalue weighted by Crippen LogP contribution is -2.20. The number of hydrogen-bond donors (Lipinski definition) is 1. The van der Waals surface area contributed by atoms with Crippen LogP contribution < -0.4 is 5.14 Å². The molecule has 0 saturated heterocycles. The van der Waals surface area contributed by atoms with Crippen LogP contribution in [0.5, 0.6) is 0 Å². The largest absolute Gasteiger partial charge is 0.274 e. The van der Waals surface area contributed by atoms with Gasteiger partial charge in [-0.05, 0) is 17.5 Å². The zero-order valence-electron chi connectivity index (χ0n) is 11.7. The molecule has 0 radical (unpaired) electrons. The van der Waals surface area contributed by atoms with Crippen molar-refractivity contribution in [2.45, 2.75) is 32.3 Å². The van der Waals surface area contributed by atoms with E-state index in [0.717, 1.165) is 0 Å². The Bertz CT molecular complexity index is 700. The van der Waals surface area contributed by atoms with Crippen LogP contribution in [0.1, 0.15) is 26.6 Å². The molecule has 6 nitrogen and oxygen atoms in total. The summed E-state index contributed by atoms with van der Waals surface area (Å²) in [5.41, 5.74) is 0.635. The molecule has 2 N–H and O–H groups in total. The Kier molecular flexibility index (Phi) is 3.66. The Morgan fingerprint density at radius 1 is 1.15 bits per heavy atom. The average molecular weight is 294 g/mol. The number of sulfonamides is 1. The topological polar surface area (TPSA) is 90.9 Å². The highest BCUT2D eigenvalue weighted by molar-refractivity contribution is 7.89. The van der Waals surface area contributed by atoms with E-state index in [-0.39, 0.29) is 10.6 Å². The molecular weight excluding hydrogens is 276 g/mol. The van der Waals surface area contributed by atoms with Crippen LogP contribution in [0.15, 0.2) is 35.5 Å². The standard InChI is InChI=1S/C13H18N4O2S/c1-13(2,3)9-11-15-16-12(20(14,18)19)17(11)10-7-5-4-6-8-10/h4-8H,9H2,1-3H3,(H2,14,18,19). The Morgan fingerprint density at radius 2 is 1.75 bits per heavy atom. The minimum absolute atomic E-state index is 0.0464. The van der Waals surface area contributed by atoms with Crippen molar-refractivity contribution in [3.63, 3.8) is 0 Å². The van der Waals surface area contributed by atoms with Gasteiger partial charge in [-0.15, -0.1) is 10.2 Å². The molecule has 1 heterocycles. The summed E-state index contributed by atoms with van der Waals surface area (Å²) in [6, 6.07) is 9.09. The van der Waals surface area contributed by atoms with Crippen molar-refractivity contribution in [2.24, 2.45) is 10.6 Å². The predicted octanol–water partition coefficient (Wildman–Crippen LogP) is 1.50. The second-order valence-electron chi connectivity index (χ2n) is 5.85. The lowest BCUT2D eigenvalue weighted by molar-refractivity contribution is 0.397. The zero-order chi connectivity index (χ0) is 15.0. The van der Waals surface area contributed by atoms with Gasteiger partial charge < -0.3 is 0 Å². The summed E-state index contributed by atoms with van der Waals surface area (Å²) in [5.74, 6) is 0.577. The van der Waals surface area contributed by atoms with Crippen LogP contribution in [0.4, 0.5) is 0 Å². The first kappa shape index (κ1) is 14.7. The van der Waals surface area contributed by atoms with Crippen LogP contribution in [0, 0.1) is 5.41 Å². The molecule has 20 heavy (non-hydrogen) atoms. The van der Waals surface area contributed by atoms with Gasteiger partial charge in [0.15, 0.2) is 0 Å². The Morgan fingerprint density at radius 3 is 2.25 bits per heavy atom. The molecule has 0 saturated carbocycles. The fourth-order valence-electron chi connectivity index (χ4n) is 1.91. The van der Waals surface area contributed by atoms with Crippen LogP contribution in [0.2, 0.25) is 0 Å². The zero-order valence-corrected chi connectivity index (χ0v) is 12.6. The Hall–Kier alpha value is -1.73. The van der Waals surface area contributed by atoms with Crippen LogP contribution in [-0.4, -0.2) is 23.2 Å². The summed E-state index contributed by atoms with van der Waals surface area (Å²) in [6.07, 6.45) is 0.588. The van der Waals surface area contributed by atoms with Crippen molar-refractivity contribution < 1.29 is 8.42 Å². The first-order valence-corrected chi connectivity index (χ1v) is 7.76. The van der Waals surface area contributed by atoms with Crippen LogP contribution in [0.3, 0.4) is 0 Å². The van der Waals surface area contributed by atoms with Crippen molar-refractivity contribution in [1.82, 2.24) is 14.8 Å². The van der Waals surface area contributed by atoms with Crippen molar-refractivity contribution in [2.75, 3.05) is 0 Å². The van der Waals surface area contributed by atoms with Gasteiger partial charge in [0, 0.05) is 12.1 Å². The molecule has 1 aromatic heterocycles. The molecule has 2 aromatic rings. The lowest BCUT2D eigenvalue weighted by Gasteiger charge is -2.18. The smallest absolute Gasteiger partial charge is 0.269 e. The molecule has 0 aliphatic carbocycles. The van der Waals surface area contributed by atoms with E-state index in [1.54, 1.807) is 12.1 Å². The highest BCUT2D eigenvalue weighted by Gasteiger charge is 2.25. The molecule has 0 fully saturated rings. The van der Waals surface area contributed by atoms with Crippen LogP contribution in [0.25, 0.3) is 5.69 Å². The first-order chi connectivity index (χ1) is 9.18. The van der Waals surface area contributed by atoms with Gasteiger partial charge in [-0.1, -0.05) is 39.0 Å². The average Bonchev–Trinajstić information content (AvgIpc) is 2.71. The summed E-state index contributed by atoms with van der Waals surface area (Å²) >= 11 is 0. The van der Waals surface area contributed by atoms with E-state index in [1.165, 1.54) is 4.57 Å². The predicted molar refractivity (Wildman–Crippen MR) is 75.9 cm³/mol. The van der Waals surface area contributed by atoms with Gasteiger partial charge in [-0.2, -0.15) is 0 Å². The van der Waals surface area contributed by atoms with Crippen molar-refractivity contribution in [3.05, 3.63) is 36.2 Å². The summed E-state index contributed by atoms with van der Waals surface area (Å²) in [7, 11) is -3.93. The van der Waals surface area contributed by atoms with Crippen LogP contribution in [-0.2, 0) is 16.4 Å². The third kappa shape index (κ3) is 3.23. The number of aromatic nitrogens is 3. The van der Waals surface area contributed by atoms with E-state index >= 15 is 0 Å². The van der Waals surface area contributed by atoms with Gasteiger partial charge in [-0.25, -0.2) is 13.6 Å². The summed E-state index contributed by atoms with van der Waals surface area (Å²) in [6.45, 7) is 6.15. The molecule has 1 aromatic carbocycles. The van der Waals surface area contributed by atoms with Crippen molar-refractivity contribution in [3.8, 4) is 5.69 Å². The van der Waals surface area contributed by atoms with Crippen LogP contribution >= 0.6 is 0 Å². The van der Waals surface area contributed by atoms with Gasteiger partial charge in [0.05, 0.1) is 0 Å². The quantitative estimate of drug-likeness (QED) is 0.928. The van der Waals surface area contributed by atoms with Gasteiger partial charge in [-0.3, -0.25) is 4.57 Å². The third-order valence-electron chi connectivity index (χ3n) is 2.66. The van der Waals surface area contributed by atoms with E-state index < -0.39 is 10.0 Å². The second kappa shape index (κ2) is 4.99. The molecular formula is C13H18N4O2S. The molecule has 7 heteroatoms. The number of benzene rings is 1. The van der Waals surface area contributed by atoms with Gasteiger partial charge >= 0.3 is 0 Å². The SMILES string of the molecule is CC(C)(C)Cc1nnc(S(N)(=O)=O)n1-c1ccccc1. The van der Waals surface area contributed by atoms with Gasteiger partial charge in [0.2, 0.25) is 0 Å². The molecule has 0 spiro atoms. The molecule has 0 atom stereocenters.